The van der Waals surface area contributed by atoms with Crippen molar-refractivity contribution in [2.75, 3.05) is 12.4 Å². The van der Waals surface area contributed by atoms with Gasteiger partial charge in [0, 0.05) is 16.7 Å². The molecule has 0 amide bonds. The summed E-state index contributed by atoms with van der Waals surface area (Å²) in [7, 11) is 0. The topological polar surface area (TPSA) is 46.2 Å². The van der Waals surface area contributed by atoms with Crippen LogP contribution in [0.4, 0.5) is 0 Å². The van der Waals surface area contributed by atoms with Gasteiger partial charge in [-0.25, -0.2) is 0 Å². The van der Waals surface area contributed by atoms with Crippen molar-refractivity contribution >= 4 is 11.8 Å². The number of aliphatic hydroxyl groups is 1. The normalized spacial score (nSPS) is 12.9. The van der Waals surface area contributed by atoms with Crippen LogP contribution in [0.3, 0.4) is 0 Å². The minimum absolute atomic E-state index is 0.0534. The Bertz CT molecular complexity index is 301. The molecule has 0 heterocycles. The molecule has 78 valence electrons. The highest BCUT2D eigenvalue weighted by Crippen LogP contribution is 2.21. The molecule has 0 saturated carbocycles. The maximum atomic E-state index is 8.77. The van der Waals surface area contributed by atoms with Gasteiger partial charge in [0.25, 0.3) is 0 Å². The smallest absolute Gasteiger partial charge is 0.0590 e. The first-order valence-electron chi connectivity index (χ1n) is 4.70. The number of aryl methyl sites for hydroxylation is 2. The molecule has 0 bridgehead atoms. The second-order valence-corrected chi connectivity index (χ2v) is 4.59. The fourth-order valence-electron chi connectivity index (χ4n) is 1.06. The highest BCUT2D eigenvalue weighted by atomic mass is 32.2. The van der Waals surface area contributed by atoms with Crippen LogP contribution >= 0.6 is 11.8 Å². The maximum Gasteiger partial charge on any atom is 0.0590 e. The predicted molar refractivity (Wildman–Crippen MR) is 61.7 cm³/mol. The van der Waals surface area contributed by atoms with Crippen molar-refractivity contribution in [3.8, 4) is 0 Å². The molecule has 0 spiro atoms. The first kappa shape index (κ1) is 11.6. The molecular weight excluding hydrogens is 194 g/mol. The number of hydrogen-bond donors (Lipinski definition) is 2. The van der Waals surface area contributed by atoms with E-state index < -0.39 is 0 Å². The number of nitrogens with two attached hydrogens (primary N) is 1. The van der Waals surface area contributed by atoms with Crippen molar-refractivity contribution in [3.63, 3.8) is 0 Å². The van der Waals surface area contributed by atoms with E-state index in [-0.39, 0.29) is 12.6 Å². The lowest BCUT2D eigenvalue weighted by Crippen LogP contribution is -2.26. The van der Waals surface area contributed by atoms with E-state index in [1.165, 1.54) is 16.0 Å². The van der Waals surface area contributed by atoms with Crippen molar-refractivity contribution in [2.45, 2.75) is 24.8 Å². The van der Waals surface area contributed by atoms with Gasteiger partial charge in [0.05, 0.1) is 6.61 Å². The maximum absolute atomic E-state index is 8.77. The molecule has 0 radical (unpaired) electrons. The highest BCUT2D eigenvalue weighted by Gasteiger charge is 2.02. The summed E-state index contributed by atoms with van der Waals surface area (Å²) in [5.41, 5.74) is 8.22. The lowest BCUT2D eigenvalue weighted by molar-refractivity contribution is 0.275. The molecule has 1 aromatic rings. The van der Waals surface area contributed by atoms with Crippen LogP contribution in [-0.4, -0.2) is 23.5 Å². The number of rotatable bonds is 4. The first-order chi connectivity index (χ1) is 6.63. The minimum Gasteiger partial charge on any atom is -0.395 e. The van der Waals surface area contributed by atoms with E-state index in [1.54, 1.807) is 11.8 Å². The number of benzene rings is 1. The van der Waals surface area contributed by atoms with E-state index in [0.717, 1.165) is 5.75 Å². The Hall–Kier alpha value is -0.510. The Morgan fingerprint density at radius 1 is 1.36 bits per heavy atom. The molecule has 0 aromatic heterocycles. The van der Waals surface area contributed by atoms with Crippen LogP contribution in [-0.2, 0) is 0 Å². The summed E-state index contributed by atoms with van der Waals surface area (Å²) in [6, 6.07) is 6.24. The van der Waals surface area contributed by atoms with E-state index in [4.69, 9.17) is 10.8 Å². The summed E-state index contributed by atoms with van der Waals surface area (Å²) < 4.78 is 0. The zero-order chi connectivity index (χ0) is 10.6. The molecule has 1 atom stereocenters. The molecule has 1 aromatic carbocycles. The van der Waals surface area contributed by atoms with Crippen molar-refractivity contribution in [2.24, 2.45) is 5.73 Å². The van der Waals surface area contributed by atoms with Gasteiger partial charge in [-0.2, -0.15) is 0 Å². The molecule has 1 unspecified atom stereocenters. The average Bonchev–Trinajstić information content (AvgIpc) is 2.19. The molecule has 0 fully saturated rings. The molecule has 3 N–H and O–H groups in total. The van der Waals surface area contributed by atoms with E-state index in [1.807, 2.05) is 0 Å². The standard InChI is InChI=1S/C11H17NOS/c1-8-3-4-11(5-9(8)2)14-7-10(12)6-13/h3-5,10,13H,6-7,12H2,1-2H3. The third-order valence-corrected chi connectivity index (χ3v) is 3.36. The second kappa shape index (κ2) is 5.39. The van der Waals surface area contributed by atoms with Gasteiger partial charge in [-0.3, -0.25) is 0 Å². The monoisotopic (exact) mass is 211 g/mol. The molecule has 1 rings (SSSR count). The van der Waals surface area contributed by atoms with Gasteiger partial charge in [-0.1, -0.05) is 6.07 Å². The van der Waals surface area contributed by atoms with Gasteiger partial charge in [0.1, 0.15) is 0 Å². The third kappa shape index (κ3) is 3.33. The SMILES string of the molecule is Cc1ccc(SCC(N)CO)cc1C. The lowest BCUT2D eigenvalue weighted by Gasteiger charge is -2.08. The molecule has 0 aliphatic rings. The van der Waals surface area contributed by atoms with Gasteiger partial charge in [0.15, 0.2) is 0 Å². The predicted octanol–water partition coefficient (Wildman–Crippen LogP) is 1.72. The van der Waals surface area contributed by atoms with E-state index in [9.17, 15) is 0 Å². The van der Waals surface area contributed by atoms with Crippen LogP contribution in [0.15, 0.2) is 23.1 Å². The van der Waals surface area contributed by atoms with Gasteiger partial charge in [-0.05, 0) is 37.1 Å². The number of thioether (sulfide) groups is 1. The molecule has 14 heavy (non-hydrogen) atoms. The highest BCUT2D eigenvalue weighted by molar-refractivity contribution is 7.99. The Labute approximate surface area is 89.5 Å². The van der Waals surface area contributed by atoms with Crippen LogP contribution in [0.25, 0.3) is 0 Å². The summed E-state index contributed by atoms with van der Waals surface area (Å²) in [4.78, 5) is 1.22. The van der Waals surface area contributed by atoms with Crippen LogP contribution in [0, 0.1) is 13.8 Å². The zero-order valence-electron chi connectivity index (χ0n) is 8.66. The number of aliphatic hydroxyl groups excluding tert-OH is 1. The summed E-state index contributed by atoms with van der Waals surface area (Å²) >= 11 is 1.69. The van der Waals surface area contributed by atoms with Gasteiger partial charge in [-0.15, -0.1) is 11.8 Å². The van der Waals surface area contributed by atoms with Crippen molar-refractivity contribution in [3.05, 3.63) is 29.3 Å². The van der Waals surface area contributed by atoms with Crippen molar-refractivity contribution < 1.29 is 5.11 Å². The Balaban J connectivity index is 2.55. The van der Waals surface area contributed by atoms with Gasteiger partial charge >= 0.3 is 0 Å². The largest absolute Gasteiger partial charge is 0.395 e. The van der Waals surface area contributed by atoms with Crippen LogP contribution in [0.5, 0.6) is 0 Å². The van der Waals surface area contributed by atoms with Crippen LogP contribution in [0.2, 0.25) is 0 Å². The van der Waals surface area contributed by atoms with Crippen LogP contribution < -0.4 is 5.73 Å². The van der Waals surface area contributed by atoms with E-state index >= 15 is 0 Å². The zero-order valence-corrected chi connectivity index (χ0v) is 9.47. The molecule has 3 heteroatoms. The van der Waals surface area contributed by atoms with E-state index in [0.29, 0.717) is 0 Å². The third-order valence-electron chi connectivity index (χ3n) is 2.18. The Morgan fingerprint density at radius 3 is 2.64 bits per heavy atom. The lowest BCUT2D eigenvalue weighted by atomic mass is 10.1. The summed E-state index contributed by atoms with van der Waals surface area (Å²) in [5, 5.41) is 8.77. The average molecular weight is 211 g/mol. The number of hydrogen-bond acceptors (Lipinski definition) is 3. The minimum atomic E-state index is -0.124. The van der Waals surface area contributed by atoms with Crippen LogP contribution in [0.1, 0.15) is 11.1 Å². The Kier molecular flexibility index (Phi) is 4.45. The summed E-state index contributed by atoms with van der Waals surface area (Å²) in [6.07, 6.45) is 0. The molecule has 0 saturated heterocycles. The Morgan fingerprint density at radius 2 is 2.07 bits per heavy atom. The van der Waals surface area contributed by atoms with Crippen molar-refractivity contribution in [1.82, 2.24) is 0 Å². The summed E-state index contributed by atoms with van der Waals surface area (Å²) in [6.45, 7) is 4.26. The first-order valence-corrected chi connectivity index (χ1v) is 5.68. The molecule has 0 aliphatic heterocycles. The fourth-order valence-corrected chi connectivity index (χ4v) is 2.00. The second-order valence-electron chi connectivity index (χ2n) is 3.50. The van der Waals surface area contributed by atoms with E-state index in [2.05, 4.69) is 32.0 Å². The molecular formula is C11H17NOS. The summed E-state index contributed by atoms with van der Waals surface area (Å²) in [5.74, 6) is 0.763. The molecule has 0 aliphatic carbocycles. The van der Waals surface area contributed by atoms with Gasteiger partial charge < -0.3 is 10.8 Å². The fraction of sp³-hybridized carbons (Fsp3) is 0.455. The molecule has 2 nitrogen and oxygen atoms in total. The quantitative estimate of drug-likeness (QED) is 0.745. The van der Waals surface area contributed by atoms with Gasteiger partial charge in [0.2, 0.25) is 0 Å². The van der Waals surface area contributed by atoms with Crippen molar-refractivity contribution in [1.29, 1.82) is 0 Å².